The van der Waals surface area contributed by atoms with Gasteiger partial charge in [0, 0.05) is 18.8 Å². The molecule has 118 valence electrons. The quantitative estimate of drug-likeness (QED) is 0.749. The molecule has 0 unspecified atom stereocenters. The summed E-state index contributed by atoms with van der Waals surface area (Å²) in [6, 6.07) is 5.62. The molecule has 2 N–H and O–H groups in total. The SMILES string of the molecule is CCN(CC)CCCN(CC)C(=O)c1cc(C)ccc1N. The van der Waals surface area contributed by atoms with Gasteiger partial charge >= 0.3 is 0 Å². The van der Waals surface area contributed by atoms with Crippen LogP contribution in [-0.2, 0) is 0 Å². The minimum Gasteiger partial charge on any atom is -0.398 e. The first kappa shape index (κ1) is 17.5. The number of nitrogens with two attached hydrogens (primary N) is 1. The van der Waals surface area contributed by atoms with E-state index >= 15 is 0 Å². The minimum atomic E-state index is 0.0400. The van der Waals surface area contributed by atoms with Crippen molar-refractivity contribution in [3.8, 4) is 0 Å². The van der Waals surface area contributed by atoms with Crippen molar-refractivity contribution < 1.29 is 4.79 Å². The number of rotatable bonds is 8. The van der Waals surface area contributed by atoms with Gasteiger partial charge in [0.1, 0.15) is 0 Å². The number of hydrogen-bond donors (Lipinski definition) is 1. The van der Waals surface area contributed by atoms with E-state index in [0.717, 1.165) is 38.2 Å². The maximum atomic E-state index is 12.6. The van der Waals surface area contributed by atoms with Gasteiger partial charge in [-0.15, -0.1) is 0 Å². The molecule has 1 amide bonds. The van der Waals surface area contributed by atoms with Crippen molar-refractivity contribution in [3.05, 3.63) is 29.3 Å². The lowest BCUT2D eigenvalue weighted by Gasteiger charge is -2.24. The zero-order valence-corrected chi connectivity index (χ0v) is 13.9. The molecule has 0 aromatic heterocycles. The Labute approximate surface area is 128 Å². The summed E-state index contributed by atoms with van der Waals surface area (Å²) in [4.78, 5) is 16.9. The Morgan fingerprint density at radius 3 is 2.33 bits per heavy atom. The number of anilines is 1. The van der Waals surface area contributed by atoms with Gasteiger partial charge < -0.3 is 15.5 Å². The van der Waals surface area contributed by atoms with Crippen LogP contribution < -0.4 is 5.73 Å². The van der Waals surface area contributed by atoms with Crippen molar-refractivity contribution in [2.45, 2.75) is 34.1 Å². The van der Waals surface area contributed by atoms with Crippen LogP contribution >= 0.6 is 0 Å². The second-order valence-corrected chi connectivity index (χ2v) is 5.36. The van der Waals surface area contributed by atoms with Crippen LogP contribution in [0.5, 0.6) is 0 Å². The van der Waals surface area contributed by atoms with Crippen molar-refractivity contribution >= 4 is 11.6 Å². The molecule has 0 heterocycles. The van der Waals surface area contributed by atoms with Gasteiger partial charge in [0.15, 0.2) is 0 Å². The number of nitrogens with zero attached hydrogens (tertiary/aromatic N) is 2. The molecule has 0 radical (unpaired) electrons. The van der Waals surface area contributed by atoms with Gasteiger partial charge in [0.2, 0.25) is 0 Å². The molecule has 0 aliphatic carbocycles. The number of nitrogen functional groups attached to an aromatic ring is 1. The number of benzene rings is 1. The fourth-order valence-electron chi connectivity index (χ4n) is 2.45. The molecule has 1 aromatic rings. The Hall–Kier alpha value is -1.55. The minimum absolute atomic E-state index is 0.0400. The summed E-state index contributed by atoms with van der Waals surface area (Å²) >= 11 is 0. The Bertz CT molecular complexity index is 455. The van der Waals surface area contributed by atoms with E-state index < -0.39 is 0 Å². The highest BCUT2D eigenvalue weighted by molar-refractivity contribution is 5.99. The molecule has 1 aromatic carbocycles. The lowest BCUT2D eigenvalue weighted by Crippen LogP contribution is -2.34. The van der Waals surface area contributed by atoms with Crippen LogP contribution in [-0.4, -0.2) is 48.4 Å². The molecular formula is C17H29N3O. The predicted octanol–water partition coefficient (Wildman–Crippen LogP) is 2.77. The normalized spacial score (nSPS) is 10.9. The van der Waals surface area contributed by atoms with Crippen LogP contribution in [0, 0.1) is 6.92 Å². The smallest absolute Gasteiger partial charge is 0.255 e. The number of aryl methyl sites for hydroxylation is 1. The average Bonchev–Trinajstić information content (AvgIpc) is 2.49. The van der Waals surface area contributed by atoms with Gasteiger partial charge in [-0.25, -0.2) is 0 Å². The van der Waals surface area contributed by atoms with E-state index in [1.807, 2.05) is 36.9 Å². The van der Waals surface area contributed by atoms with Crippen LogP contribution in [0.4, 0.5) is 5.69 Å². The van der Waals surface area contributed by atoms with E-state index in [9.17, 15) is 4.79 Å². The zero-order valence-electron chi connectivity index (χ0n) is 13.9. The van der Waals surface area contributed by atoms with Gasteiger partial charge in [0.25, 0.3) is 5.91 Å². The summed E-state index contributed by atoms with van der Waals surface area (Å²) in [5.74, 6) is 0.0400. The lowest BCUT2D eigenvalue weighted by atomic mass is 10.1. The molecule has 0 bridgehead atoms. The van der Waals surface area contributed by atoms with Crippen LogP contribution in [0.15, 0.2) is 18.2 Å². The molecular weight excluding hydrogens is 262 g/mol. The monoisotopic (exact) mass is 291 g/mol. The molecule has 0 aliphatic heterocycles. The van der Waals surface area contributed by atoms with Crippen LogP contribution in [0.1, 0.15) is 43.1 Å². The van der Waals surface area contributed by atoms with Crippen molar-refractivity contribution in [2.75, 3.05) is 38.5 Å². The third-order valence-electron chi connectivity index (χ3n) is 3.90. The average molecular weight is 291 g/mol. The Kier molecular flexibility index (Phi) is 7.23. The Morgan fingerprint density at radius 1 is 1.10 bits per heavy atom. The number of carbonyl (C=O) groups excluding carboxylic acids is 1. The second kappa shape index (κ2) is 8.67. The van der Waals surface area contributed by atoms with Gasteiger partial charge in [-0.1, -0.05) is 25.5 Å². The molecule has 0 spiro atoms. The summed E-state index contributed by atoms with van der Waals surface area (Å²) in [7, 11) is 0. The lowest BCUT2D eigenvalue weighted by molar-refractivity contribution is 0.0758. The highest BCUT2D eigenvalue weighted by atomic mass is 16.2. The molecule has 0 fully saturated rings. The van der Waals surface area contributed by atoms with Gasteiger partial charge in [-0.2, -0.15) is 0 Å². The maximum Gasteiger partial charge on any atom is 0.255 e. The summed E-state index contributed by atoms with van der Waals surface area (Å²) in [6.07, 6.45) is 0.993. The number of hydrogen-bond acceptors (Lipinski definition) is 3. The third-order valence-corrected chi connectivity index (χ3v) is 3.90. The second-order valence-electron chi connectivity index (χ2n) is 5.36. The topological polar surface area (TPSA) is 49.6 Å². The standard InChI is InChI=1S/C17H29N3O/c1-5-19(6-2)11-8-12-20(7-3)17(21)15-13-14(4)9-10-16(15)18/h9-10,13H,5-8,11-12,18H2,1-4H3. The van der Waals surface area contributed by atoms with E-state index in [2.05, 4.69) is 18.7 Å². The summed E-state index contributed by atoms with van der Waals surface area (Å²) < 4.78 is 0. The van der Waals surface area contributed by atoms with Crippen molar-refractivity contribution in [1.29, 1.82) is 0 Å². The van der Waals surface area contributed by atoms with E-state index in [1.54, 1.807) is 0 Å². The largest absolute Gasteiger partial charge is 0.398 e. The molecule has 1 rings (SSSR count). The van der Waals surface area contributed by atoms with Crippen molar-refractivity contribution in [1.82, 2.24) is 9.80 Å². The molecule has 0 saturated carbocycles. The first-order valence-electron chi connectivity index (χ1n) is 7.91. The summed E-state index contributed by atoms with van der Waals surface area (Å²) in [5.41, 5.74) is 8.20. The fourth-order valence-corrected chi connectivity index (χ4v) is 2.45. The van der Waals surface area contributed by atoms with Crippen LogP contribution in [0.25, 0.3) is 0 Å². The van der Waals surface area contributed by atoms with E-state index in [4.69, 9.17) is 5.73 Å². The summed E-state index contributed by atoms with van der Waals surface area (Å²) in [6.45, 7) is 13.0. The number of amides is 1. The zero-order chi connectivity index (χ0) is 15.8. The van der Waals surface area contributed by atoms with E-state index in [-0.39, 0.29) is 5.91 Å². The van der Waals surface area contributed by atoms with Crippen LogP contribution in [0.2, 0.25) is 0 Å². The molecule has 4 heteroatoms. The molecule has 0 atom stereocenters. The summed E-state index contributed by atoms with van der Waals surface area (Å²) in [5, 5.41) is 0. The van der Waals surface area contributed by atoms with Crippen molar-refractivity contribution in [2.24, 2.45) is 0 Å². The first-order valence-corrected chi connectivity index (χ1v) is 7.91. The molecule has 21 heavy (non-hydrogen) atoms. The highest BCUT2D eigenvalue weighted by Crippen LogP contribution is 2.16. The first-order chi connectivity index (χ1) is 10.0. The molecule has 0 aliphatic rings. The molecule has 4 nitrogen and oxygen atoms in total. The number of carbonyl (C=O) groups is 1. The Morgan fingerprint density at radius 2 is 1.76 bits per heavy atom. The molecule has 0 saturated heterocycles. The van der Waals surface area contributed by atoms with Gasteiger partial charge in [-0.3, -0.25) is 4.79 Å². The van der Waals surface area contributed by atoms with E-state index in [0.29, 0.717) is 17.8 Å². The predicted molar refractivity (Wildman–Crippen MR) is 89.6 cm³/mol. The van der Waals surface area contributed by atoms with Gasteiger partial charge in [0.05, 0.1) is 5.56 Å². The van der Waals surface area contributed by atoms with Gasteiger partial charge in [-0.05, 0) is 52.0 Å². The highest BCUT2D eigenvalue weighted by Gasteiger charge is 2.16. The fraction of sp³-hybridized carbons (Fsp3) is 0.588. The Balaban J connectivity index is 2.67. The maximum absolute atomic E-state index is 12.6. The third kappa shape index (κ3) is 5.05. The van der Waals surface area contributed by atoms with Crippen LogP contribution in [0.3, 0.4) is 0 Å². The van der Waals surface area contributed by atoms with Crippen molar-refractivity contribution in [3.63, 3.8) is 0 Å². The van der Waals surface area contributed by atoms with E-state index in [1.165, 1.54) is 0 Å².